The molecule has 5 nitrogen and oxygen atoms in total. The van der Waals surface area contributed by atoms with Crippen molar-refractivity contribution in [3.05, 3.63) is 28.8 Å². The number of piperidine rings is 1. The molecule has 2 aliphatic heterocycles. The minimum Gasteiger partial charge on any atom is -0.486 e. The quantitative estimate of drug-likeness (QED) is 0.781. The van der Waals surface area contributed by atoms with Crippen molar-refractivity contribution in [3.63, 3.8) is 0 Å². The third kappa shape index (κ3) is 2.75. The lowest BCUT2D eigenvalue weighted by atomic mass is 9.81. The van der Waals surface area contributed by atoms with Crippen LogP contribution < -0.4 is 4.74 Å². The molecule has 130 valence electrons. The zero-order valence-corrected chi connectivity index (χ0v) is 14.8. The minimum absolute atomic E-state index is 0.137. The molecule has 0 saturated carbocycles. The number of fused-ring (bicyclic) bond motifs is 2. The third-order valence-electron chi connectivity index (χ3n) is 5.66. The lowest BCUT2D eigenvalue weighted by molar-refractivity contribution is 0.00592. The van der Waals surface area contributed by atoms with Crippen LogP contribution in [0.4, 0.5) is 0 Å². The first kappa shape index (κ1) is 16.1. The molecule has 1 saturated heterocycles. The van der Waals surface area contributed by atoms with Gasteiger partial charge in [0, 0.05) is 25.9 Å². The summed E-state index contributed by atoms with van der Waals surface area (Å²) in [7, 11) is -3.17. The van der Waals surface area contributed by atoms with Gasteiger partial charge in [-0.15, -0.1) is 0 Å². The number of nitrogens with zero attached hydrogens (tertiary/aromatic N) is 1. The van der Waals surface area contributed by atoms with E-state index in [4.69, 9.17) is 4.74 Å². The van der Waals surface area contributed by atoms with E-state index in [9.17, 15) is 13.2 Å². The molecule has 0 unspecified atom stereocenters. The van der Waals surface area contributed by atoms with E-state index in [0.717, 1.165) is 12.8 Å². The number of ketones is 1. The lowest BCUT2D eigenvalue weighted by Crippen LogP contribution is -2.52. The number of carbonyl (C=O) groups excluding carboxylic acids is 1. The molecule has 2 heterocycles. The second-order valence-corrected chi connectivity index (χ2v) is 9.35. The Morgan fingerprint density at radius 1 is 1.08 bits per heavy atom. The largest absolute Gasteiger partial charge is 0.486 e. The normalized spacial score (nSPS) is 23.5. The monoisotopic (exact) mass is 349 g/mol. The Kier molecular flexibility index (Phi) is 3.73. The van der Waals surface area contributed by atoms with Gasteiger partial charge in [-0.25, -0.2) is 12.7 Å². The smallest absolute Gasteiger partial charge is 0.211 e. The summed E-state index contributed by atoms with van der Waals surface area (Å²) in [6, 6.07) is 4.09. The van der Waals surface area contributed by atoms with E-state index in [0.29, 0.717) is 43.7 Å². The van der Waals surface area contributed by atoms with Crippen LogP contribution in [0, 0.1) is 0 Å². The van der Waals surface area contributed by atoms with Gasteiger partial charge in [-0.2, -0.15) is 0 Å². The van der Waals surface area contributed by atoms with Crippen LogP contribution >= 0.6 is 0 Å². The van der Waals surface area contributed by atoms with Crippen LogP contribution in [0.3, 0.4) is 0 Å². The van der Waals surface area contributed by atoms with Gasteiger partial charge in [-0.05, 0) is 48.9 Å². The Labute approximate surface area is 143 Å². The molecule has 1 aromatic rings. The number of aryl methyl sites for hydroxylation is 2. The van der Waals surface area contributed by atoms with Crippen molar-refractivity contribution >= 4 is 15.8 Å². The molecule has 0 bridgehead atoms. The first-order valence-corrected chi connectivity index (χ1v) is 10.5. The van der Waals surface area contributed by atoms with Crippen molar-refractivity contribution in [3.8, 4) is 5.75 Å². The van der Waals surface area contributed by atoms with Gasteiger partial charge in [0.1, 0.15) is 11.4 Å². The number of rotatable bonds is 1. The highest BCUT2D eigenvalue weighted by Gasteiger charge is 2.44. The topological polar surface area (TPSA) is 63.7 Å². The van der Waals surface area contributed by atoms with Gasteiger partial charge in [0.2, 0.25) is 10.0 Å². The highest BCUT2D eigenvalue weighted by Crippen LogP contribution is 2.41. The van der Waals surface area contributed by atoms with Gasteiger partial charge in [0.15, 0.2) is 5.78 Å². The maximum Gasteiger partial charge on any atom is 0.211 e. The first-order chi connectivity index (χ1) is 11.4. The number of hydrogen-bond donors (Lipinski definition) is 0. The summed E-state index contributed by atoms with van der Waals surface area (Å²) < 4.78 is 31.2. The molecule has 24 heavy (non-hydrogen) atoms. The summed E-state index contributed by atoms with van der Waals surface area (Å²) in [6.45, 7) is 0.846. The number of ether oxygens (including phenoxy) is 1. The molecule has 0 N–H and O–H groups in total. The second kappa shape index (κ2) is 5.56. The van der Waals surface area contributed by atoms with Crippen molar-refractivity contribution in [2.24, 2.45) is 0 Å². The number of benzene rings is 1. The minimum atomic E-state index is -3.17. The number of carbonyl (C=O) groups is 1. The zero-order chi connectivity index (χ0) is 16.9. The van der Waals surface area contributed by atoms with E-state index in [-0.39, 0.29) is 5.78 Å². The summed E-state index contributed by atoms with van der Waals surface area (Å²) in [5.41, 5.74) is 2.78. The van der Waals surface area contributed by atoms with E-state index >= 15 is 0 Å². The third-order valence-corrected chi connectivity index (χ3v) is 6.96. The standard InChI is InChI=1S/C18H23NO4S/c1-24(21,22)19-8-6-18(7-9-19)12-16(20)15-10-13-4-2-3-5-14(13)11-17(15)23-18/h10-11H,2-9,12H2,1H3. The highest BCUT2D eigenvalue weighted by molar-refractivity contribution is 7.88. The van der Waals surface area contributed by atoms with Crippen LogP contribution in [0.25, 0.3) is 0 Å². The van der Waals surface area contributed by atoms with Crippen LogP contribution in [-0.4, -0.2) is 43.5 Å². The van der Waals surface area contributed by atoms with Crippen LogP contribution in [0.1, 0.15) is 53.6 Å². The summed E-state index contributed by atoms with van der Waals surface area (Å²) in [5, 5.41) is 0. The van der Waals surface area contributed by atoms with Crippen LogP contribution in [0.2, 0.25) is 0 Å². The molecular formula is C18H23NO4S. The first-order valence-electron chi connectivity index (χ1n) is 8.70. The molecule has 3 aliphatic rings. The molecule has 0 aromatic heterocycles. The Balaban J connectivity index is 1.61. The Morgan fingerprint density at radius 2 is 1.71 bits per heavy atom. The fourth-order valence-corrected chi connectivity index (χ4v) is 5.07. The molecule has 1 aromatic carbocycles. The van der Waals surface area contributed by atoms with Crippen molar-refractivity contribution in [1.29, 1.82) is 0 Å². The van der Waals surface area contributed by atoms with E-state index < -0.39 is 15.6 Å². The SMILES string of the molecule is CS(=O)(=O)N1CCC2(CC1)CC(=O)c1cc3c(cc1O2)CCCC3. The van der Waals surface area contributed by atoms with Gasteiger partial charge >= 0.3 is 0 Å². The molecule has 1 spiro atoms. The molecule has 1 aliphatic carbocycles. The lowest BCUT2D eigenvalue weighted by Gasteiger charge is -2.43. The highest BCUT2D eigenvalue weighted by atomic mass is 32.2. The fourth-order valence-electron chi connectivity index (χ4n) is 4.23. The summed E-state index contributed by atoms with van der Waals surface area (Å²) in [6.07, 6.45) is 7.21. The molecular weight excluding hydrogens is 326 g/mol. The second-order valence-electron chi connectivity index (χ2n) is 7.37. The Morgan fingerprint density at radius 3 is 2.33 bits per heavy atom. The fraction of sp³-hybridized carbons (Fsp3) is 0.611. The van der Waals surface area contributed by atoms with Gasteiger partial charge in [-0.1, -0.05) is 0 Å². The van der Waals surface area contributed by atoms with Gasteiger partial charge in [0.05, 0.1) is 18.2 Å². The number of hydrogen-bond acceptors (Lipinski definition) is 4. The molecule has 4 rings (SSSR count). The maximum absolute atomic E-state index is 12.7. The molecule has 0 amide bonds. The van der Waals surface area contributed by atoms with Crippen molar-refractivity contribution in [2.45, 2.75) is 50.5 Å². The van der Waals surface area contributed by atoms with Crippen molar-refractivity contribution in [2.75, 3.05) is 19.3 Å². The summed E-state index contributed by atoms with van der Waals surface area (Å²) in [5.74, 6) is 0.845. The Hall–Kier alpha value is -1.40. The van der Waals surface area contributed by atoms with E-state index in [2.05, 4.69) is 6.07 Å². The zero-order valence-electron chi connectivity index (χ0n) is 14.0. The van der Waals surface area contributed by atoms with Gasteiger partial charge < -0.3 is 4.74 Å². The number of sulfonamides is 1. The molecule has 6 heteroatoms. The van der Waals surface area contributed by atoms with Crippen molar-refractivity contribution < 1.29 is 17.9 Å². The molecule has 0 radical (unpaired) electrons. The number of Topliss-reactive ketones (excluding diaryl/α,β-unsaturated/α-hetero) is 1. The van der Waals surface area contributed by atoms with Gasteiger partial charge in [0.25, 0.3) is 0 Å². The van der Waals surface area contributed by atoms with Crippen molar-refractivity contribution in [1.82, 2.24) is 4.31 Å². The van der Waals surface area contributed by atoms with E-state index in [1.165, 1.54) is 34.5 Å². The molecule has 0 atom stereocenters. The summed E-state index contributed by atoms with van der Waals surface area (Å²) in [4.78, 5) is 12.7. The van der Waals surface area contributed by atoms with Crippen LogP contribution in [-0.2, 0) is 22.9 Å². The van der Waals surface area contributed by atoms with Crippen LogP contribution in [0.15, 0.2) is 12.1 Å². The summed E-state index contributed by atoms with van der Waals surface area (Å²) >= 11 is 0. The average molecular weight is 349 g/mol. The van der Waals surface area contributed by atoms with E-state index in [1.54, 1.807) is 0 Å². The predicted molar refractivity (Wildman–Crippen MR) is 91.0 cm³/mol. The predicted octanol–water partition coefficient (Wildman–Crippen LogP) is 2.32. The molecule has 1 fully saturated rings. The van der Waals surface area contributed by atoms with E-state index in [1.807, 2.05) is 6.07 Å². The van der Waals surface area contributed by atoms with Crippen LogP contribution in [0.5, 0.6) is 5.75 Å². The maximum atomic E-state index is 12.7. The van der Waals surface area contributed by atoms with Gasteiger partial charge in [-0.3, -0.25) is 4.79 Å². The Bertz CT molecular complexity index is 791. The average Bonchev–Trinajstić information content (AvgIpc) is 2.53.